The summed E-state index contributed by atoms with van der Waals surface area (Å²) in [4.78, 5) is 40.3. The van der Waals surface area contributed by atoms with Crippen LogP contribution in [0.5, 0.6) is 0 Å². The fourth-order valence-electron chi connectivity index (χ4n) is 3.79. The minimum absolute atomic E-state index is 0.230. The number of pyridine rings is 1. The molecule has 9 heteroatoms. The van der Waals surface area contributed by atoms with Gasteiger partial charge in [-0.05, 0) is 61.0 Å². The van der Waals surface area contributed by atoms with Crippen LogP contribution in [0.25, 0.3) is 16.6 Å². The van der Waals surface area contributed by atoms with E-state index < -0.39 is 5.97 Å². The van der Waals surface area contributed by atoms with Gasteiger partial charge in [0.1, 0.15) is 5.69 Å². The van der Waals surface area contributed by atoms with Crippen LogP contribution in [0.3, 0.4) is 0 Å². The van der Waals surface area contributed by atoms with E-state index in [0.29, 0.717) is 22.6 Å². The van der Waals surface area contributed by atoms with Gasteiger partial charge in [0.25, 0.3) is 5.91 Å². The summed E-state index contributed by atoms with van der Waals surface area (Å²) >= 11 is 0. The Morgan fingerprint density at radius 3 is 2.76 bits per heavy atom. The smallest absolute Gasteiger partial charge is 0.354 e. The van der Waals surface area contributed by atoms with Crippen molar-refractivity contribution in [3.8, 4) is 0 Å². The van der Waals surface area contributed by atoms with Crippen LogP contribution in [-0.4, -0.2) is 37.6 Å². The molecular formula is C25H21N5O4. The number of aromatic nitrogens is 4. The van der Waals surface area contributed by atoms with Crippen molar-refractivity contribution in [2.24, 2.45) is 0 Å². The molecule has 0 fully saturated rings. The standard InChI is InChI=1S/C25H21N5O4/c1-2-34-24(32)21-14-18-13-17(9-10-20(18)27-21)23(31)26-19-7-5-6-16(12-19)15-30-25(33)29-11-4-3-8-22(29)28-30/h3-14,27H,2,15H2,1H3,(H,26,31). The van der Waals surface area contributed by atoms with Crippen molar-refractivity contribution in [2.45, 2.75) is 13.5 Å². The normalized spacial score (nSPS) is 11.1. The van der Waals surface area contributed by atoms with E-state index in [9.17, 15) is 14.4 Å². The van der Waals surface area contributed by atoms with Crippen LogP contribution in [0.2, 0.25) is 0 Å². The molecule has 5 rings (SSSR count). The molecule has 2 aromatic carbocycles. The van der Waals surface area contributed by atoms with E-state index in [0.717, 1.165) is 16.5 Å². The summed E-state index contributed by atoms with van der Waals surface area (Å²) in [5.74, 6) is -0.728. The van der Waals surface area contributed by atoms with Gasteiger partial charge in [-0.1, -0.05) is 18.2 Å². The number of aromatic amines is 1. The molecular weight excluding hydrogens is 434 g/mol. The van der Waals surface area contributed by atoms with Gasteiger partial charge in [0.15, 0.2) is 5.65 Å². The van der Waals surface area contributed by atoms with Crippen molar-refractivity contribution in [3.05, 3.63) is 100 Å². The molecule has 34 heavy (non-hydrogen) atoms. The Hall–Kier alpha value is -4.66. The van der Waals surface area contributed by atoms with Gasteiger partial charge < -0.3 is 15.0 Å². The van der Waals surface area contributed by atoms with Crippen molar-refractivity contribution in [1.82, 2.24) is 19.2 Å². The van der Waals surface area contributed by atoms with Gasteiger partial charge in [-0.25, -0.2) is 14.3 Å². The second-order valence-corrected chi connectivity index (χ2v) is 7.73. The predicted octanol–water partition coefficient (Wildman–Crippen LogP) is 3.45. The lowest BCUT2D eigenvalue weighted by Crippen LogP contribution is -2.21. The molecule has 0 atom stereocenters. The molecule has 0 aliphatic heterocycles. The number of benzene rings is 2. The van der Waals surface area contributed by atoms with Gasteiger partial charge in [0, 0.05) is 28.4 Å². The van der Waals surface area contributed by atoms with E-state index in [2.05, 4.69) is 15.4 Å². The SMILES string of the molecule is CCOC(=O)c1cc2cc(C(=O)Nc3cccc(Cn4nc5ccccn5c4=O)c3)ccc2[nH]1. The van der Waals surface area contributed by atoms with E-state index >= 15 is 0 Å². The lowest BCUT2D eigenvalue weighted by molar-refractivity contribution is 0.0520. The van der Waals surface area contributed by atoms with Crippen LogP contribution in [0.1, 0.15) is 33.3 Å². The number of ether oxygens (including phenoxy) is 1. The highest BCUT2D eigenvalue weighted by Crippen LogP contribution is 2.20. The number of carbonyl (C=O) groups is 2. The Morgan fingerprint density at radius 2 is 1.94 bits per heavy atom. The monoisotopic (exact) mass is 455 g/mol. The number of H-pyrrole nitrogens is 1. The fourth-order valence-corrected chi connectivity index (χ4v) is 3.79. The van der Waals surface area contributed by atoms with Crippen molar-refractivity contribution >= 4 is 34.1 Å². The predicted molar refractivity (Wildman–Crippen MR) is 127 cm³/mol. The molecule has 2 N–H and O–H groups in total. The molecule has 0 aliphatic rings. The van der Waals surface area contributed by atoms with Crippen LogP contribution in [0.4, 0.5) is 5.69 Å². The summed E-state index contributed by atoms with van der Waals surface area (Å²) in [6.45, 7) is 2.30. The minimum atomic E-state index is -0.439. The second-order valence-electron chi connectivity index (χ2n) is 7.73. The van der Waals surface area contributed by atoms with E-state index in [4.69, 9.17) is 4.74 Å². The van der Waals surface area contributed by atoms with E-state index in [-0.39, 0.29) is 24.7 Å². The highest BCUT2D eigenvalue weighted by atomic mass is 16.5. The quantitative estimate of drug-likeness (QED) is 0.381. The third-order valence-electron chi connectivity index (χ3n) is 5.38. The number of rotatable bonds is 6. The largest absolute Gasteiger partial charge is 0.461 e. The third kappa shape index (κ3) is 4.06. The van der Waals surface area contributed by atoms with Crippen LogP contribution in [-0.2, 0) is 11.3 Å². The fraction of sp³-hybridized carbons (Fsp3) is 0.120. The zero-order chi connectivity index (χ0) is 23.7. The second kappa shape index (κ2) is 8.70. The Morgan fingerprint density at radius 1 is 1.06 bits per heavy atom. The van der Waals surface area contributed by atoms with Crippen LogP contribution in [0.15, 0.2) is 77.7 Å². The first-order valence-electron chi connectivity index (χ1n) is 10.8. The van der Waals surface area contributed by atoms with E-state index in [1.54, 1.807) is 55.6 Å². The molecule has 3 heterocycles. The Balaban J connectivity index is 1.34. The van der Waals surface area contributed by atoms with Gasteiger partial charge in [-0.3, -0.25) is 9.20 Å². The average Bonchev–Trinajstić information content (AvgIpc) is 3.40. The van der Waals surface area contributed by atoms with Crippen LogP contribution < -0.4 is 11.0 Å². The molecule has 0 saturated heterocycles. The van der Waals surface area contributed by atoms with Crippen molar-refractivity contribution in [3.63, 3.8) is 0 Å². The summed E-state index contributed by atoms with van der Waals surface area (Å²) in [5, 5.41) is 7.96. The Bertz CT molecular complexity index is 1590. The molecule has 1 amide bonds. The highest BCUT2D eigenvalue weighted by molar-refractivity contribution is 6.07. The highest BCUT2D eigenvalue weighted by Gasteiger charge is 2.13. The van der Waals surface area contributed by atoms with Gasteiger partial charge >= 0.3 is 11.7 Å². The lowest BCUT2D eigenvalue weighted by atomic mass is 10.1. The Kier molecular flexibility index (Phi) is 5.43. The van der Waals surface area contributed by atoms with Crippen molar-refractivity contribution in [1.29, 1.82) is 0 Å². The van der Waals surface area contributed by atoms with Gasteiger partial charge in [-0.2, -0.15) is 0 Å². The first-order chi connectivity index (χ1) is 16.5. The molecule has 0 spiro atoms. The third-order valence-corrected chi connectivity index (χ3v) is 5.38. The van der Waals surface area contributed by atoms with Crippen molar-refractivity contribution in [2.75, 3.05) is 11.9 Å². The van der Waals surface area contributed by atoms with Gasteiger partial charge in [0.05, 0.1) is 13.2 Å². The number of carbonyl (C=O) groups excluding carboxylic acids is 2. The molecule has 0 radical (unpaired) electrons. The van der Waals surface area contributed by atoms with Crippen LogP contribution >= 0.6 is 0 Å². The summed E-state index contributed by atoms with van der Waals surface area (Å²) in [6.07, 6.45) is 1.68. The average molecular weight is 455 g/mol. The maximum Gasteiger partial charge on any atom is 0.354 e. The number of nitrogens with zero attached hydrogens (tertiary/aromatic N) is 3. The number of hydrogen-bond donors (Lipinski definition) is 2. The number of anilines is 1. The molecule has 170 valence electrons. The molecule has 9 nitrogen and oxygen atoms in total. The van der Waals surface area contributed by atoms with E-state index in [1.807, 2.05) is 24.3 Å². The molecule has 0 bridgehead atoms. The topological polar surface area (TPSA) is 110 Å². The minimum Gasteiger partial charge on any atom is -0.461 e. The number of amides is 1. The maximum atomic E-state index is 12.9. The van der Waals surface area contributed by atoms with Gasteiger partial charge in [0.2, 0.25) is 0 Å². The zero-order valence-corrected chi connectivity index (χ0v) is 18.3. The van der Waals surface area contributed by atoms with E-state index in [1.165, 1.54) is 9.08 Å². The lowest BCUT2D eigenvalue weighted by Gasteiger charge is -2.08. The molecule has 0 aliphatic carbocycles. The summed E-state index contributed by atoms with van der Waals surface area (Å²) in [6, 6.07) is 19.4. The Labute approximate surface area is 193 Å². The molecule has 0 saturated carbocycles. The zero-order valence-electron chi connectivity index (χ0n) is 18.3. The molecule has 5 aromatic rings. The molecule has 0 unspecified atom stereocenters. The van der Waals surface area contributed by atoms with Crippen molar-refractivity contribution < 1.29 is 14.3 Å². The first kappa shape index (κ1) is 21.2. The summed E-state index contributed by atoms with van der Waals surface area (Å²) in [5.41, 5.74) is 3.28. The number of fused-ring (bicyclic) bond motifs is 2. The number of hydrogen-bond acceptors (Lipinski definition) is 5. The number of esters is 1. The number of nitrogens with one attached hydrogen (secondary N) is 2. The first-order valence-corrected chi connectivity index (χ1v) is 10.8. The maximum absolute atomic E-state index is 12.9. The van der Waals surface area contributed by atoms with Gasteiger partial charge in [-0.15, -0.1) is 5.10 Å². The summed E-state index contributed by atoms with van der Waals surface area (Å²) in [7, 11) is 0. The summed E-state index contributed by atoms with van der Waals surface area (Å²) < 4.78 is 7.88. The molecule has 3 aromatic heterocycles. The van der Waals surface area contributed by atoms with Crippen LogP contribution in [0, 0.1) is 0 Å².